The predicted molar refractivity (Wildman–Crippen MR) is 82.5 cm³/mol. The first-order valence-electron chi connectivity index (χ1n) is 7.66. The van der Waals surface area contributed by atoms with Crippen LogP contribution in [-0.4, -0.2) is 38.8 Å². The lowest BCUT2D eigenvalue weighted by atomic mass is 10.0. The third kappa shape index (κ3) is 3.09. The first-order chi connectivity index (χ1) is 10.7. The van der Waals surface area contributed by atoms with Gasteiger partial charge in [0.05, 0.1) is 6.04 Å². The Kier molecular flexibility index (Phi) is 4.33. The third-order valence-corrected chi connectivity index (χ3v) is 3.88. The summed E-state index contributed by atoms with van der Waals surface area (Å²) in [6.07, 6.45) is 3.37. The highest BCUT2D eigenvalue weighted by molar-refractivity contribution is 5.42. The molecule has 1 aliphatic rings. The van der Waals surface area contributed by atoms with E-state index in [2.05, 4.69) is 30.0 Å². The Morgan fingerprint density at radius 1 is 1.27 bits per heavy atom. The van der Waals surface area contributed by atoms with Gasteiger partial charge in [-0.1, -0.05) is 0 Å². The summed E-state index contributed by atoms with van der Waals surface area (Å²) >= 11 is 0. The maximum atomic E-state index is 5.10. The number of hydrogen-bond donors (Lipinski definition) is 1. The van der Waals surface area contributed by atoms with Crippen LogP contribution in [-0.2, 0) is 11.3 Å². The SMILES string of the molecule is COCc1nc(C2CCCCN2c2cc(C)nc(C)n2)n[nH]1. The number of anilines is 1. The molecule has 118 valence electrons. The molecule has 0 aromatic carbocycles. The molecule has 1 aliphatic heterocycles. The molecule has 7 heteroatoms. The summed E-state index contributed by atoms with van der Waals surface area (Å²) in [6, 6.07) is 2.19. The van der Waals surface area contributed by atoms with E-state index in [-0.39, 0.29) is 6.04 Å². The minimum absolute atomic E-state index is 0.157. The van der Waals surface area contributed by atoms with Gasteiger partial charge in [-0.05, 0) is 33.1 Å². The van der Waals surface area contributed by atoms with Gasteiger partial charge in [0.15, 0.2) is 11.6 Å². The van der Waals surface area contributed by atoms with Gasteiger partial charge < -0.3 is 9.64 Å². The standard InChI is InChI=1S/C15H22N6O/c1-10-8-14(17-11(2)16-10)21-7-5-4-6-12(21)15-18-13(9-22-3)19-20-15/h8,12H,4-7,9H2,1-3H3,(H,18,19,20). The second-order valence-corrected chi connectivity index (χ2v) is 5.69. The number of nitrogens with one attached hydrogen (secondary N) is 1. The van der Waals surface area contributed by atoms with E-state index in [1.165, 1.54) is 6.42 Å². The highest BCUT2D eigenvalue weighted by Gasteiger charge is 2.28. The van der Waals surface area contributed by atoms with E-state index in [0.717, 1.165) is 48.4 Å². The van der Waals surface area contributed by atoms with Gasteiger partial charge in [0.25, 0.3) is 0 Å². The second kappa shape index (κ2) is 6.39. The van der Waals surface area contributed by atoms with Crippen molar-refractivity contribution in [3.8, 4) is 0 Å². The molecule has 0 radical (unpaired) electrons. The number of hydrogen-bond acceptors (Lipinski definition) is 6. The molecule has 1 fully saturated rings. The number of ether oxygens (including phenoxy) is 1. The average molecular weight is 302 g/mol. The summed E-state index contributed by atoms with van der Waals surface area (Å²) in [5.41, 5.74) is 0.988. The molecule has 0 bridgehead atoms. The smallest absolute Gasteiger partial charge is 0.173 e. The first kappa shape index (κ1) is 14.9. The van der Waals surface area contributed by atoms with Crippen LogP contribution in [0.3, 0.4) is 0 Å². The van der Waals surface area contributed by atoms with Crippen LogP contribution >= 0.6 is 0 Å². The number of rotatable bonds is 4. The molecule has 1 atom stereocenters. The normalized spacial score (nSPS) is 18.7. The largest absolute Gasteiger partial charge is 0.377 e. The van der Waals surface area contributed by atoms with Crippen molar-refractivity contribution >= 4 is 5.82 Å². The van der Waals surface area contributed by atoms with Crippen LogP contribution in [0.25, 0.3) is 0 Å². The maximum Gasteiger partial charge on any atom is 0.173 e. The number of nitrogens with zero attached hydrogens (tertiary/aromatic N) is 5. The van der Waals surface area contributed by atoms with Crippen LogP contribution in [0, 0.1) is 13.8 Å². The van der Waals surface area contributed by atoms with Gasteiger partial charge in [-0.15, -0.1) is 0 Å². The Bertz CT molecular complexity index is 620. The van der Waals surface area contributed by atoms with E-state index in [9.17, 15) is 0 Å². The van der Waals surface area contributed by atoms with Gasteiger partial charge in [0.1, 0.15) is 18.2 Å². The molecule has 2 aromatic rings. The molecule has 3 rings (SSSR count). The number of aromatic amines is 1. The molecule has 7 nitrogen and oxygen atoms in total. The third-order valence-electron chi connectivity index (χ3n) is 3.88. The number of aryl methyl sites for hydroxylation is 2. The maximum absolute atomic E-state index is 5.10. The van der Waals surface area contributed by atoms with Crippen LogP contribution in [0.4, 0.5) is 5.82 Å². The van der Waals surface area contributed by atoms with Crippen LogP contribution in [0.2, 0.25) is 0 Å². The summed E-state index contributed by atoms with van der Waals surface area (Å²) in [7, 11) is 1.65. The highest BCUT2D eigenvalue weighted by atomic mass is 16.5. The molecule has 22 heavy (non-hydrogen) atoms. The quantitative estimate of drug-likeness (QED) is 0.931. The highest BCUT2D eigenvalue weighted by Crippen LogP contribution is 2.32. The van der Waals surface area contributed by atoms with Crippen LogP contribution in [0.5, 0.6) is 0 Å². The van der Waals surface area contributed by atoms with E-state index in [0.29, 0.717) is 6.61 Å². The topological polar surface area (TPSA) is 79.8 Å². The van der Waals surface area contributed by atoms with Gasteiger partial charge in [-0.2, -0.15) is 5.10 Å². The zero-order chi connectivity index (χ0) is 15.5. The van der Waals surface area contributed by atoms with Gasteiger partial charge >= 0.3 is 0 Å². The molecule has 1 unspecified atom stereocenters. The molecule has 2 aromatic heterocycles. The van der Waals surface area contributed by atoms with Crippen LogP contribution in [0.1, 0.15) is 48.5 Å². The minimum Gasteiger partial charge on any atom is -0.377 e. The summed E-state index contributed by atoms with van der Waals surface area (Å²) in [5.74, 6) is 3.35. The van der Waals surface area contributed by atoms with Crippen molar-refractivity contribution in [1.82, 2.24) is 25.1 Å². The van der Waals surface area contributed by atoms with E-state index in [1.807, 2.05) is 19.9 Å². The molecule has 1 saturated heterocycles. The van der Waals surface area contributed by atoms with E-state index < -0.39 is 0 Å². The lowest BCUT2D eigenvalue weighted by molar-refractivity contribution is 0.178. The van der Waals surface area contributed by atoms with Crippen LogP contribution in [0.15, 0.2) is 6.07 Å². The molecule has 0 saturated carbocycles. The fourth-order valence-electron chi connectivity index (χ4n) is 2.98. The Morgan fingerprint density at radius 3 is 2.91 bits per heavy atom. The number of methoxy groups -OCH3 is 1. The Balaban J connectivity index is 1.89. The summed E-state index contributed by atoms with van der Waals surface area (Å²) < 4.78 is 5.10. The molecule has 0 aliphatic carbocycles. The molecule has 1 N–H and O–H groups in total. The van der Waals surface area contributed by atoms with Crippen molar-refractivity contribution in [2.45, 2.75) is 45.8 Å². The monoisotopic (exact) mass is 302 g/mol. The predicted octanol–water partition coefficient (Wildman–Crippen LogP) is 2.09. The molecular formula is C15H22N6O. The molecule has 3 heterocycles. The number of aromatic nitrogens is 5. The Morgan fingerprint density at radius 2 is 2.14 bits per heavy atom. The summed E-state index contributed by atoms with van der Waals surface area (Å²) in [5, 5.41) is 7.33. The van der Waals surface area contributed by atoms with Crippen molar-refractivity contribution in [2.75, 3.05) is 18.6 Å². The lowest BCUT2D eigenvalue weighted by Gasteiger charge is -2.35. The summed E-state index contributed by atoms with van der Waals surface area (Å²) in [4.78, 5) is 15.8. The molecular weight excluding hydrogens is 280 g/mol. The van der Waals surface area contributed by atoms with E-state index in [1.54, 1.807) is 7.11 Å². The van der Waals surface area contributed by atoms with Crippen molar-refractivity contribution in [1.29, 1.82) is 0 Å². The Hall–Kier alpha value is -2.02. The van der Waals surface area contributed by atoms with Gasteiger partial charge in [0, 0.05) is 25.4 Å². The fraction of sp³-hybridized carbons (Fsp3) is 0.600. The minimum atomic E-state index is 0.157. The zero-order valence-electron chi connectivity index (χ0n) is 13.3. The second-order valence-electron chi connectivity index (χ2n) is 5.69. The van der Waals surface area contributed by atoms with E-state index >= 15 is 0 Å². The van der Waals surface area contributed by atoms with Crippen molar-refractivity contribution < 1.29 is 4.74 Å². The summed E-state index contributed by atoms with van der Waals surface area (Å²) in [6.45, 7) is 5.35. The first-order valence-corrected chi connectivity index (χ1v) is 7.66. The van der Waals surface area contributed by atoms with Gasteiger partial charge in [-0.3, -0.25) is 5.10 Å². The van der Waals surface area contributed by atoms with E-state index in [4.69, 9.17) is 4.74 Å². The van der Waals surface area contributed by atoms with Gasteiger partial charge in [0.2, 0.25) is 0 Å². The Labute approximate surface area is 130 Å². The van der Waals surface area contributed by atoms with Crippen molar-refractivity contribution in [2.24, 2.45) is 0 Å². The molecule has 0 spiro atoms. The average Bonchev–Trinajstić information content (AvgIpc) is 2.95. The number of piperidine rings is 1. The lowest BCUT2D eigenvalue weighted by Crippen LogP contribution is -2.35. The van der Waals surface area contributed by atoms with Crippen molar-refractivity contribution in [3.63, 3.8) is 0 Å². The van der Waals surface area contributed by atoms with Crippen LogP contribution < -0.4 is 4.90 Å². The van der Waals surface area contributed by atoms with Crippen molar-refractivity contribution in [3.05, 3.63) is 29.2 Å². The fourth-order valence-corrected chi connectivity index (χ4v) is 2.98. The molecule has 0 amide bonds. The van der Waals surface area contributed by atoms with Gasteiger partial charge in [-0.25, -0.2) is 15.0 Å². The number of H-pyrrole nitrogens is 1. The zero-order valence-corrected chi connectivity index (χ0v) is 13.3.